The number of anilines is 1. The number of nitrogens with one attached hydrogen (secondary N) is 1. The van der Waals surface area contributed by atoms with Crippen molar-refractivity contribution >= 4 is 11.6 Å². The molecule has 0 saturated heterocycles. The monoisotopic (exact) mass is 375 g/mol. The van der Waals surface area contributed by atoms with Crippen LogP contribution < -0.4 is 15.4 Å². The average Bonchev–Trinajstić information content (AvgIpc) is 2.75. The standard InChI is InChI=1S/C24H26N2O2/c1-18(19-10-5-3-6-11-19)17-25-23(20-12-7-4-8-13-20)24(27)26-21-14-9-15-22(16-21)28-2/h3-16,18,23,25H,17H2,1-2H3,(H,26,27)/p+1/t18-,23+/m0/s1. The Bertz CT molecular complexity index is 881. The van der Waals surface area contributed by atoms with Crippen LogP contribution in [-0.4, -0.2) is 19.6 Å². The van der Waals surface area contributed by atoms with E-state index < -0.39 is 0 Å². The van der Waals surface area contributed by atoms with Gasteiger partial charge in [0.15, 0.2) is 6.04 Å². The molecule has 0 heterocycles. The number of nitrogens with two attached hydrogens (primary N) is 1. The van der Waals surface area contributed by atoms with Crippen molar-refractivity contribution in [1.82, 2.24) is 0 Å². The van der Waals surface area contributed by atoms with Crippen LogP contribution in [0.4, 0.5) is 5.69 Å². The molecule has 0 radical (unpaired) electrons. The van der Waals surface area contributed by atoms with Crippen molar-refractivity contribution in [2.24, 2.45) is 0 Å². The second kappa shape index (κ2) is 9.72. The summed E-state index contributed by atoms with van der Waals surface area (Å²) in [5, 5.41) is 5.14. The minimum atomic E-state index is -0.321. The van der Waals surface area contributed by atoms with Gasteiger partial charge in [0.1, 0.15) is 5.75 Å². The van der Waals surface area contributed by atoms with Gasteiger partial charge in [-0.1, -0.05) is 73.7 Å². The lowest BCUT2D eigenvalue weighted by molar-refractivity contribution is -0.684. The lowest BCUT2D eigenvalue weighted by atomic mass is 9.99. The van der Waals surface area contributed by atoms with E-state index in [1.54, 1.807) is 7.11 Å². The van der Waals surface area contributed by atoms with Crippen molar-refractivity contribution in [2.45, 2.75) is 18.9 Å². The van der Waals surface area contributed by atoms with Crippen LogP contribution in [0.3, 0.4) is 0 Å². The SMILES string of the molecule is COc1cccc(NC(=O)[C@H]([NH2+]C[C@H](C)c2ccccc2)c2ccccc2)c1. The molecule has 0 aliphatic heterocycles. The first-order valence-corrected chi connectivity index (χ1v) is 9.55. The summed E-state index contributed by atoms with van der Waals surface area (Å²) in [6, 6.07) is 27.4. The van der Waals surface area contributed by atoms with Gasteiger partial charge in [-0.25, -0.2) is 0 Å². The van der Waals surface area contributed by atoms with E-state index in [1.807, 2.05) is 60.7 Å². The Morgan fingerprint density at radius 3 is 2.21 bits per heavy atom. The van der Waals surface area contributed by atoms with Crippen LogP contribution in [0.1, 0.15) is 30.0 Å². The topological polar surface area (TPSA) is 54.9 Å². The molecule has 0 unspecified atom stereocenters. The molecular formula is C24H27N2O2+. The first kappa shape index (κ1) is 19.6. The van der Waals surface area contributed by atoms with Gasteiger partial charge in [-0.15, -0.1) is 0 Å². The lowest BCUT2D eigenvalue weighted by Crippen LogP contribution is -2.88. The van der Waals surface area contributed by atoms with Crippen molar-refractivity contribution < 1.29 is 14.8 Å². The number of carbonyl (C=O) groups excluding carboxylic acids is 1. The molecule has 3 N–H and O–H groups in total. The Kier molecular flexibility index (Phi) is 6.82. The van der Waals surface area contributed by atoms with Crippen molar-refractivity contribution in [2.75, 3.05) is 19.0 Å². The Hall–Kier alpha value is -3.11. The van der Waals surface area contributed by atoms with E-state index in [9.17, 15) is 4.79 Å². The molecular weight excluding hydrogens is 348 g/mol. The van der Waals surface area contributed by atoms with E-state index in [4.69, 9.17) is 4.74 Å². The lowest BCUT2D eigenvalue weighted by Gasteiger charge is -2.19. The molecule has 4 heteroatoms. The number of rotatable bonds is 8. The number of ether oxygens (including phenoxy) is 1. The quantitative estimate of drug-likeness (QED) is 0.630. The van der Waals surface area contributed by atoms with E-state index >= 15 is 0 Å². The maximum absolute atomic E-state index is 13.1. The Balaban J connectivity index is 1.74. The number of hydrogen-bond donors (Lipinski definition) is 2. The highest BCUT2D eigenvalue weighted by Crippen LogP contribution is 2.19. The van der Waals surface area contributed by atoms with E-state index in [1.165, 1.54) is 5.56 Å². The fourth-order valence-corrected chi connectivity index (χ4v) is 3.23. The normalized spacial score (nSPS) is 12.8. The summed E-state index contributed by atoms with van der Waals surface area (Å²) < 4.78 is 5.25. The molecule has 0 saturated carbocycles. The van der Waals surface area contributed by atoms with Crippen molar-refractivity contribution in [3.8, 4) is 5.75 Å². The molecule has 0 fully saturated rings. The second-order valence-corrected chi connectivity index (χ2v) is 6.89. The molecule has 3 aromatic rings. The van der Waals surface area contributed by atoms with Gasteiger partial charge in [0.05, 0.1) is 13.7 Å². The molecule has 0 spiro atoms. The summed E-state index contributed by atoms with van der Waals surface area (Å²) in [7, 11) is 1.62. The molecule has 3 aromatic carbocycles. The summed E-state index contributed by atoms with van der Waals surface area (Å²) in [4.78, 5) is 13.1. The molecule has 0 aromatic heterocycles. The summed E-state index contributed by atoms with van der Waals surface area (Å²) in [5.74, 6) is 1.02. The smallest absolute Gasteiger partial charge is 0.287 e. The van der Waals surface area contributed by atoms with Crippen LogP contribution in [0.5, 0.6) is 5.75 Å². The van der Waals surface area contributed by atoms with E-state index in [0.29, 0.717) is 5.92 Å². The zero-order valence-corrected chi connectivity index (χ0v) is 16.3. The highest BCUT2D eigenvalue weighted by Gasteiger charge is 2.25. The Labute approximate surface area is 166 Å². The molecule has 0 aliphatic carbocycles. The Morgan fingerprint density at radius 1 is 0.929 bits per heavy atom. The van der Waals surface area contributed by atoms with E-state index in [0.717, 1.165) is 23.5 Å². The minimum absolute atomic E-state index is 0.0419. The summed E-state index contributed by atoms with van der Waals surface area (Å²) in [5.41, 5.74) is 3.00. The van der Waals surface area contributed by atoms with Gasteiger partial charge >= 0.3 is 0 Å². The van der Waals surface area contributed by atoms with Crippen molar-refractivity contribution in [3.63, 3.8) is 0 Å². The molecule has 3 rings (SSSR count). The number of methoxy groups -OCH3 is 1. The van der Waals surface area contributed by atoms with Crippen molar-refractivity contribution in [1.29, 1.82) is 0 Å². The summed E-state index contributed by atoms with van der Waals surface area (Å²) >= 11 is 0. The van der Waals surface area contributed by atoms with Crippen LogP contribution in [0.15, 0.2) is 84.9 Å². The molecule has 0 bridgehead atoms. The summed E-state index contributed by atoms with van der Waals surface area (Å²) in [6.07, 6.45) is 0. The highest BCUT2D eigenvalue weighted by molar-refractivity contribution is 5.94. The van der Waals surface area contributed by atoms with Gasteiger partial charge in [0.25, 0.3) is 5.91 Å². The highest BCUT2D eigenvalue weighted by atomic mass is 16.5. The van der Waals surface area contributed by atoms with E-state index in [-0.39, 0.29) is 11.9 Å². The van der Waals surface area contributed by atoms with Crippen LogP contribution in [-0.2, 0) is 4.79 Å². The fraction of sp³-hybridized carbons (Fsp3) is 0.208. The number of quaternary nitrogens is 1. The van der Waals surface area contributed by atoms with Crippen LogP contribution >= 0.6 is 0 Å². The third kappa shape index (κ3) is 5.21. The van der Waals surface area contributed by atoms with Gasteiger partial charge < -0.3 is 15.4 Å². The molecule has 28 heavy (non-hydrogen) atoms. The fourth-order valence-electron chi connectivity index (χ4n) is 3.23. The van der Waals surface area contributed by atoms with Crippen LogP contribution in [0.25, 0.3) is 0 Å². The maximum atomic E-state index is 13.1. The molecule has 0 aliphatic rings. The van der Waals surface area contributed by atoms with Gasteiger partial charge in [0, 0.05) is 23.2 Å². The number of hydrogen-bond acceptors (Lipinski definition) is 2. The Morgan fingerprint density at radius 2 is 1.57 bits per heavy atom. The predicted octanol–water partition coefficient (Wildman–Crippen LogP) is 3.74. The van der Waals surface area contributed by atoms with Gasteiger partial charge in [-0.05, 0) is 17.7 Å². The molecule has 1 amide bonds. The third-order valence-electron chi connectivity index (χ3n) is 4.87. The number of benzene rings is 3. The van der Waals surface area contributed by atoms with Crippen LogP contribution in [0.2, 0.25) is 0 Å². The number of carbonyl (C=O) groups is 1. The maximum Gasteiger partial charge on any atom is 0.287 e. The zero-order valence-electron chi connectivity index (χ0n) is 16.3. The molecule has 2 atom stereocenters. The number of amides is 1. The summed E-state index contributed by atoms with van der Waals surface area (Å²) in [6.45, 7) is 3.00. The first-order valence-electron chi connectivity index (χ1n) is 9.55. The largest absolute Gasteiger partial charge is 0.497 e. The first-order chi connectivity index (χ1) is 13.7. The van der Waals surface area contributed by atoms with Gasteiger partial charge in [0.2, 0.25) is 0 Å². The zero-order chi connectivity index (χ0) is 19.8. The van der Waals surface area contributed by atoms with Gasteiger partial charge in [-0.2, -0.15) is 0 Å². The minimum Gasteiger partial charge on any atom is -0.497 e. The van der Waals surface area contributed by atoms with Crippen LogP contribution in [0, 0.1) is 0 Å². The average molecular weight is 375 g/mol. The van der Waals surface area contributed by atoms with E-state index in [2.05, 4.69) is 41.8 Å². The molecule has 144 valence electrons. The third-order valence-corrected chi connectivity index (χ3v) is 4.87. The predicted molar refractivity (Wildman–Crippen MR) is 112 cm³/mol. The van der Waals surface area contributed by atoms with Crippen molar-refractivity contribution in [3.05, 3.63) is 96.1 Å². The molecule has 4 nitrogen and oxygen atoms in total. The second-order valence-electron chi connectivity index (χ2n) is 6.89. The van der Waals surface area contributed by atoms with Gasteiger partial charge in [-0.3, -0.25) is 4.79 Å².